The molecule has 1 N–H and O–H groups in total. The van der Waals surface area contributed by atoms with Gasteiger partial charge in [-0.3, -0.25) is 0 Å². The van der Waals surface area contributed by atoms with Gasteiger partial charge in [-0.05, 0) is 61.9 Å². The summed E-state index contributed by atoms with van der Waals surface area (Å²) in [4.78, 5) is 0. The summed E-state index contributed by atoms with van der Waals surface area (Å²) >= 11 is 6.21. The lowest BCUT2D eigenvalue weighted by Gasteiger charge is -2.32. The first-order valence-corrected chi connectivity index (χ1v) is 7.59. The molecule has 0 aliphatic carbocycles. The van der Waals surface area contributed by atoms with Gasteiger partial charge in [-0.1, -0.05) is 24.6 Å². The molecule has 0 amide bonds. The van der Waals surface area contributed by atoms with Gasteiger partial charge in [0.1, 0.15) is 0 Å². The number of hydrogen-bond acceptors (Lipinski definition) is 2. The molecule has 106 valence electrons. The highest BCUT2D eigenvalue weighted by Crippen LogP contribution is 2.33. The van der Waals surface area contributed by atoms with Crippen LogP contribution in [-0.4, -0.2) is 19.8 Å². The third-order valence-electron chi connectivity index (χ3n) is 4.04. The Kier molecular flexibility index (Phi) is 5.26. The summed E-state index contributed by atoms with van der Waals surface area (Å²) < 4.78 is 5.49. The molecule has 1 fully saturated rings. The van der Waals surface area contributed by atoms with E-state index in [0.29, 0.717) is 12.0 Å². The van der Waals surface area contributed by atoms with Crippen LogP contribution < -0.4 is 5.32 Å². The van der Waals surface area contributed by atoms with E-state index in [9.17, 15) is 0 Å². The van der Waals surface area contributed by atoms with Crippen LogP contribution in [-0.2, 0) is 4.74 Å². The number of halogens is 1. The number of benzene rings is 1. The molecule has 1 unspecified atom stereocenters. The fraction of sp³-hybridized carbons (Fsp3) is 0.625. The average Bonchev–Trinajstić information content (AvgIpc) is 2.42. The Labute approximate surface area is 121 Å². The molecule has 1 heterocycles. The second kappa shape index (κ2) is 6.74. The highest BCUT2D eigenvalue weighted by molar-refractivity contribution is 6.31. The van der Waals surface area contributed by atoms with Gasteiger partial charge in [0.2, 0.25) is 0 Å². The summed E-state index contributed by atoms with van der Waals surface area (Å²) in [5.41, 5.74) is 3.85. The van der Waals surface area contributed by atoms with Crippen LogP contribution in [0.4, 0.5) is 0 Å². The first-order chi connectivity index (χ1) is 9.13. The summed E-state index contributed by atoms with van der Waals surface area (Å²) in [5.74, 6) is 0.660. The van der Waals surface area contributed by atoms with Gasteiger partial charge in [-0.2, -0.15) is 0 Å². The van der Waals surface area contributed by atoms with Crippen LogP contribution in [0.3, 0.4) is 0 Å². The number of aryl methyl sites for hydroxylation is 2. The summed E-state index contributed by atoms with van der Waals surface area (Å²) in [7, 11) is 0. The first-order valence-electron chi connectivity index (χ1n) is 7.21. The molecule has 3 heteroatoms. The molecule has 0 bridgehead atoms. The van der Waals surface area contributed by atoms with E-state index in [4.69, 9.17) is 16.3 Å². The molecule has 2 nitrogen and oxygen atoms in total. The molecule has 0 radical (unpaired) electrons. The minimum atomic E-state index is 0.421. The fourth-order valence-electron chi connectivity index (χ4n) is 2.94. The number of hydrogen-bond donors (Lipinski definition) is 1. The zero-order valence-corrected chi connectivity index (χ0v) is 12.9. The molecule has 2 rings (SSSR count). The summed E-state index contributed by atoms with van der Waals surface area (Å²) in [6.45, 7) is 9.17. The SMILES string of the molecule is CCNC(c1cc(C)c(Cl)cc1C)C1CCOCC1. The van der Waals surface area contributed by atoms with E-state index in [1.807, 2.05) is 0 Å². The standard InChI is InChI=1S/C16H24ClNO/c1-4-18-16(13-5-7-19-8-6-13)14-9-12(3)15(17)10-11(14)2/h9-10,13,16,18H,4-8H2,1-3H3. The first kappa shape index (κ1) is 14.8. The maximum atomic E-state index is 6.21. The van der Waals surface area contributed by atoms with E-state index in [1.54, 1.807) is 0 Å². The van der Waals surface area contributed by atoms with E-state index in [-0.39, 0.29) is 0 Å². The van der Waals surface area contributed by atoms with Crippen LogP contribution in [0.2, 0.25) is 5.02 Å². The smallest absolute Gasteiger partial charge is 0.0469 e. The minimum Gasteiger partial charge on any atom is -0.381 e. The average molecular weight is 282 g/mol. The Morgan fingerprint density at radius 3 is 2.58 bits per heavy atom. The highest BCUT2D eigenvalue weighted by Gasteiger charge is 2.26. The lowest BCUT2D eigenvalue weighted by atomic mass is 9.84. The molecule has 19 heavy (non-hydrogen) atoms. The molecule has 0 spiro atoms. The van der Waals surface area contributed by atoms with Crippen LogP contribution in [0.15, 0.2) is 12.1 Å². The largest absolute Gasteiger partial charge is 0.381 e. The summed E-state index contributed by atoms with van der Waals surface area (Å²) in [5, 5.41) is 4.52. The predicted molar refractivity (Wildman–Crippen MR) is 80.9 cm³/mol. The van der Waals surface area contributed by atoms with E-state index in [1.165, 1.54) is 11.1 Å². The third-order valence-corrected chi connectivity index (χ3v) is 4.45. The fourth-order valence-corrected chi connectivity index (χ4v) is 3.16. The van der Waals surface area contributed by atoms with Crippen LogP contribution in [0.5, 0.6) is 0 Å². The molecule has 0 saturated carbocycles. The molecular weight excluding hydrogens is 258 g/mol. The van der Waals surface area contributed by atoms with Gasteiger partial charge in [0.25, 0.3) is 0 Å². The van der Waals surface area contributed by atoms with Crippen molar-refractivity contribution in [2.24, 2.45) is 5.92 Å². The van der Waals surface area contributed by atoms with Gasteiger partial charge in [0, 0.05) is 24.3 Å². The zero-order valence-electron chi connectivity index (χ0n) is 12.1. The molecule has 1 aromatic rings. The molecular formula is C16H24ClNO. The number of nitrogens with one attached hydrogen (secondary N) is 1. The van der Waals surface area contributed by atoms with Gasteiger partial charge >= 0.3 is 0 Å². The van der Waals surface area contributed by atoms with Gasteiger partial charge in [-0.25, -0.2) is 0 Å². The topological polar surface area (TPSA) is 21.3 Å². The summed E-state index contributed by atoms with van der Waals surface area (Å²) in [6.07, 6.45) is 2.28. The Hall–Kier alpha value is -0.570. The lowest BCUT2D eigenvalue weighted by molar-refractivity contribution is 0.0537. The van der Waals surface area contributed by atoms with Gasteiger partial charge in [0.05, 0.1) is 0 Å². The van der Waals surface area contributed by atoms with Crippen LogP contribution >= 0.6 is 11.6 Å². The van der Waals surface area contributed by atoms with Crippen molar-refractivity contribution in [3.63, 3.8) is 0 Å². The highest BCUT2D eigenvalue weighted by atomic mass is 35.5. The quantitative estimate of drug-likeness (QED) is 0.899. The van der Waals surface area contributed by atoms with E-state index in [2.05, 4.69) is 38.2 Å². The second-order valence-electron chi connectivity index (χ2n) is 5.44. The van der Waals surface area contributed by atoms with Crippen LogP contribution in [0.1, 0.15) is 42.5 Å². The molecule has 1 aromatic carbocycles. The number of rotatable bonds is 4. The van der Waals surface area contributed by atoms with Crippen LogP contribution in [0.25, 0.3) is 0 Å². The maximum Gasteiger partial charge on any atom is 0.0469 e. The van der Waals surface area contributed by atoms with Gasteiger partial charge in [-0.15, -0.1) is 0 Å². The van der Waals surface area contributed by atoms with E-state index >= 15 is 0 Å². The van der Waals surface area contributed by atoms with Gasteiger partial charge < -0.3 is 10.1 Å². The van der Waals surface area contributed by atoms with Crippen LogP contribution in [0, 0.1) is 19.8 Å². The molecule has 1 saturated heterocycles. The number of ether oxygens (including phenoxy) is 1. The molecule has 1 atom stereocenters. The van der Waals surface area contributed by atoms with Crippen molar-refractivity contribution < 1.29 is 4.74 Å². The zero-order chi connectivity index (χ0) is 13.8. The lowest BCUT2D eigenvalue weighted by Crippen LogP contribution is -2.32. The third kappa shape index (κ3) is 3.50. The monoisotopic (exact) mass is 281 g/mol. The van der Waals surface area contributed by atoms with Crippen molar-refractivity contribution in [3.8, 4) is 0 Å². The van der Waals surface area contributed by atoms with Crippen molar-refractivity contribution in [1.29, 1.82) is 0 Å². The second-order valence-corrected chi connectivity index (χ2v) is 5.85. The van der Waals surface area contributed by atoms with Crippen molar-refractivity contribution in [2.45, 2.75) is 39.7 Å². The molecule has 1 aliphatic heterocycles. The van der Waals surface area contributed by atoms with Crippen molar-refractivity contribution in [3.05, 3.63) is 33.8 Å². The van der Waals surface area contributed by atoms with E-state index in [0.717, 1.165) is 43.2 Å². The van der Waals surface area contributed by atoms with Crippen molar-refractivity contribution >= 4 is 11.6 Å². The normalized spacial score (nSPS) is 18.5. The minimum absolute atomic E-state index is 0.421. The molecule has 0 aromatic heterocycles. The maximum absolute atomic E-state index is 6.21. The summed E-state index contributed by atoms with van der Waals surface area (Å²) in [6, 6.07) is 4.76. The van der Waals surface area contributed by atoms with E-state index < -0.39 is 0 Å². The Balaban J connectivity index is 2.29. The predicted octanol–water partition coefficient (Wildman–Crippen LogP) is 4.03. The van der Waals surface area contributed by atoms with Crippen molar-refractivity contribution in [2.75, 3.05) is 19.8 Å². The molecule has 1 aliphatic rings. The van der Waals surface area contributed by atoms with Gasteiger partial charge in [0.15, 0.2) is 0 Å². The Bertz CT molecular complexity index is 427. The van der Waals surface area contributed by atoms with Crippen molar-refractivity contribution in [1.82, 2.24) is 5.32 Å². The Morgan fingerprint density at radius 1 is 1.26 bits per heavy atom. The Morgan fingerprint density at radius 2 is 1.95 bits per heavy atom.